The van der Waals surface area contributed by atoms with Crippen LogP contribution in [0.4, 0.5) is 0 Å². The lowest BCUT2D eigenvalue weighted by molar-refractivity contribution is 0.784. The van der Waals surface area contributed by atoms with Gasteiger partial charge in [-0.1, -0.05) is 59.2 Å². The first-order valence-electron chi connectivity index (χ1n) is 6.19. The highest BCUT2D eigenvalue weighted by molar-refractivity contribution is 5.36. The first-order valence-corrected chi connectivity index (χ1v) is 6.19. The molecule has 0 fully saturated rings. The van der Waals surface area contributed by atoms with Crippen LogP contribution in [0.5, 0.6) is 0 Å². The van der Waals surface area contributed by atoms with Crippen LogP contribution in [0.15, 0.2) is 18.2 Å². The molecular formula is C15H24. The van der Waals surface area contributed by atoms with Crippen molar-refractivity contribution in [3.8, 4) is 0 Å². The van der Waals surface area contributed by atoms with E-state index < -0.39 is 0 Å². The van der Waals surface area contributed by atoms with Crippen LogP contribution >= 0.6 is 0 Å². The number of benzene rings is 1. The van der Waals surface area contributed by atoms with E-state index in [0.717, 1.165) is 0 Å². The van der Waals surface area contributed by atoms with Gasteiger partial charge >= 0.3 is 0 Å². The van der Waals surface area contributed by atoms with Crippen LogP contribution in [0.25, 0.3) is 0 Å². The van der Waals surface area contributed by atoms with Crippen molar-refractivity contribution in [1.29, 1.82) is 0 Å². The van der Waals surface area contributed by atoms with E-state index in [9.17, 15) is 0 Å². The Morgan fingerprint density at radius 3 is 2.00 bits per heavy atom. The Bertz CT molecular complexity index is 308. The van der Waals surface area contributed by atoms with Gasteiger partial charge in [0.1, 0.15) is 0 Å². The number of hydrogen-bond acceptors (Lipinski definition) is 0. The van der Waals surface area contributed by atoms with Gasteiger partial charge in [-0.15, -0.1) is 0 Å². The van der Waals surface area contributed by atoms with Crippen LogP contribution in [0.1, 0.15) is 69.6 Å². The fourth-order valence-corrected chi connectivity index (χ4v) is 2.09. The lowest BCUT2D eigenvalue weighted by atomic mass is 9.88. The van der Waals surface area contributed by atoms with E-state index in [2.05, 4.69) is 52.8 Å². The summed E-state index contributed by atoms with van der Waals surface area (Å²) >= 11 is 0. The summed E-state index contributed by atoms with van der Waals surface area (Å²) in [6.45, 7) is 11.4. The molecule has 0 radical (unpaired) electrons. The molecule has 0 spiro atoms. The highest BCUT2D eigenvalue weighted by atomic mass is 14.1. The molecule has 0 aliphatic carbocycles. The largest absolute Gasteiger partial charge is 0.0651 e. The lowest BCUT2D eigenvalue weighted by Crippen LogP contribution is -2.00. The van der Waals surface area contributed by atoms with Crippen molar-refractivity contribution >= 4 is 0 Å². The normalized spacial score (nSPS) is 11.4. The molecular weight excluding hydrogens is 180 g/mol. The highest BCUT2D eigenvalue weighted by Crippen LogP contribution is 2.27. The molecule has 0 atom stereocenters. The lowest BCUT2D eigenvalue weighted by Gasteiger charge is -2.17. The molecule has 0 heterocycles. The van der Waals surface area contributed by atoms with E-state index in [-0.39, 0.29) is 0 Å². The van der Waals surface area contributed by atoms with Crippen molar-refractivity contribution in [3.05, 3.63) is 34.9 Å². The smallest absolute Gasteiger partial charge is 0.0216 e. The number of hydrogen-bond donors (Lipinski definition) is 0. The molecule has 1 rings (SSSR count). The summed E-state index contributed by atoms with van der Waals surface area (Å²) in [5.41, 5.74) is 4.55. The molecule has 0 aliphatic heterocycles. The summed E-state index contributed by atoms with van der Waals surface area (Å²) < 4.78 is 0. The van der Waals surface area contributed by atoms with Crippen molar-refractivity contribution in [2.75, 3.05) is 0 Å². The van der Waals surface area contributed by atoms with Crippen LogP contribution in [0.2, 0.25) is 0 Å². The maximum absolute atomic E-state index is 2.41. The van der Waals surface area contributed by atoms with Crippen LogP contribution in [-0.2, 0) is 6.42 Å². The second kappa shape index (κ2) is 5.34. The second-order valence-electron chi connectivity index (χ2n) is 5.02. The van der Waals surface area contributed by atoms with Crippen molar-refractivity contribution in [1.82, 2.24) is 0 Å². The predicted octanol–water partition coefficient (Wildman–Crippen LogP) is 4.89. The molecule has 1 aromatic rings. The van der Waals surface area contributed by atoms with Gasteiger partial charge in [-0.25, -0.2) is 0 Å². The molecule has 15 heavy (non-hydrogen) atoms. The van der Waals surface area contributed by atoms with Crippen molar-refractivity contribution in [3.63, 3.8) is 0 Å². The predicted molar refractivity (Wildman–Crippen MR) is 68.6 cm³/mol. The maximum Gasteiger partial charge on any atom is -0.0216 e. The van der Waals surface area contributed by atoms with Gasteiger partial charge in [0, 0.05) is 0 Å². The van der Waals surface area contributed by atoms with Crippen molar-refractivity contribution in [2.45, 2.75) is 59.3 Å². The minimum atomic E-state index is 0.637. The van der Waals surface area contributed by atoms with Crippen LogP contribution in [0, 0.1) is 0 Å². The third-order valence-corrected chi connectivity index (χ3v) is 2.93. The monoisotopic (exact) mass is 204 g/mol. The van der Waals surface area contributed by atoms with Gasteiger partial charge in [0.15, 0.2) is 0 Å². The molecule has 0 saturated heterocycles. The molecule has 0 unspecified atom stereocenters. The minimum absolute atomic E-state index is 0.637. The van der Waals surface area contributed by atoms with Crippen LogP contribution < -0.4 is 0 Å². The zero-order valence-corrected chi connectivity index (χ0v) is 10.8. The van der Waals surface area contributed by atoms with Gasteiger partial charge in [-0.3, -0.25) is 0 Å². The molecule has 0 aliphatic rings. The van der Waals surface area contributed by atoms with E-state index in [1.54, 1.807) is 0 Å². The third-order valence-electron chi connectivity index (χ3n) is 2.93. The topological polar surface area (TPSA) is 0 Å². The summed E-state index contributed by atoms with van der Waals surface area (Å²) in [6, 6.07) is 7.03. The van der Waals surface area contributed by atoms with Crippen LogP contribution in [0.3, 0.4) is 0 Å². The zero-order valence-electron chi connectivity index (χ0n) is 10.8. The minimum Gasteiger partial charge on any atom is -0.0651 e. The fourth-order valence-electron chi connectivity index (χ4n) is 2.09. The summed E-state index contributed by atoms with van der Waals surface area (Å²) in [5.74, 6) is 1.28. The zero-order chi connectivity index (χ0) is 11.4. The fraction of sp³-hybridized carbons (Fsp3) is 0.600. The van der Waals surface area contributed by atoms with Gasteiger partial charge in [0.05, 0.1) is 0 Å². The first-order chi connectivity index (χ1) is 7.06. The Labute approximate surface area is 94.7 Å². The number of rotatable bonds is 4. The van der Waals surface area contributed by atoms with Gasteiger partial charge in [0.25, 0.3) is 0 Å². The van der Waals surface area contributed by atoms with E-state index in [4.69, 9.17) is 0 Å². The molecule has 84 valence electrons. The first kappa shape index (κ1) is 12.3. The maximum atomic E-state index is 2.41. The van der Waals surface area contributed by atoms with E-state index in [1.165, 1.54) is 29.5 Å². The SMILES string of the molecule is CCCc1ccc(C(C)C)c(C(C)C)c1. The summed E-state index contributed by atoms with van der Waals surface area (Å²) in [4.78, 5) is 0. The third kappa shape index (κ3) is 3.09. The average molecular weight is 204 g/mol. The van der Waals surface area contributed by atoms with Crippen molar-refractivity contribution < 1.29 is 0 Å². The Kier molecular flexibility index (Phi) is 4.38. The van der Waals surface area contributed by atoms with E-state index in [0.29, 0.717) is 11.8 Å². The van der Waals surface area contributed by atoms with Gasteiger partial charge in [-0.2, -0.15) is 0 Å². The Morgan fingerprint density at radius 2 is 1.53 bits per heavy atom. The van der Waals surface area contributed by atoms with Crippen LogP contribution in [-0.4, -0.2) is 0 Å². The molecule has 0 bridgehead atoms. The second-order valence-corrected chi connectivity index (χ2v) is 5.02. The number of aryl methyl sites for hydroxylation is 1. The van der Waals surface area contributed by atoms with E-state index >= 15 is 0 Å². The van der Waals surface area contributed by atoms with Gasteiger partial charge in [0.2, 0.25) is 0 Å². The molecule has 0 heteroatoms. The summed E-state index contributed by atoms with van der Waals surface area (Å²) in [7, 11) is 0. The quantitative estimate of drug-likeness (QED) is 0.655. The van der Waals surface area contributed by atoms with Gasteiger partial charge in [-0.05, 0) is 34.9 Å². The van der Waals surface area contributed by atoms with E-state index in [1.807, 2.05) is 0 Å². The Hall–Kier alpha value is -0.780. The summed E-state index contributed by atoms with van der Waals surface area (Å²) in [6.07, 6.45) is 2.44. The molecule has 1 aromatic carbocycles. The molecule has 0 amide bonds. The molecule has 0 N–H and O–H groups in total. The Balaban J connectivity index is 3.09. The average Bonchev–Trinajstić information content (AvgIpc) is 2.17. The summed E-state index contributed by atoms with van der Waals surface area (Å²) in [5, 5.41) is 0. The highest BCUT2D eigenvalue weighted by Gasteiger charge is 2.10. The molecule has 0 saturated carbocycles. The van der Waals surface area contributed by atoms with Gasteiger partial charge < -0.3 is 0 Å². The molecule has 0 aromatic heterocycles. The van der Waals surface area contributed by atoms with Crippen molar-refractivity contribution in [2.24, 2.45) is 0 Å². The molecule has 0 nitrogen and oxygen atoms in total. The standard InChI is InChI=1S/C15H24/c1-6-7-13-8-9-14(11(2)3)15(10-13)12(4)5/h8-12H,6-7H2,1-5H3. The Morgan fingerprint density at radius 1 is 0.933 bits per heavy atom.